The summed E-state index contributed by atoms with van der Waals surface area (Å²) in [7, 11) is 1.89. The first-order valence-corrected chi connectivity index (χ1v) is 7.78. The number of aliphatic hydroxyl groups excluding tert-OH is 1. The molecular formula is C16H24N4O3. The zero-order valence-corrected chi connectivity index (χ0v) is 13.7. The Morgan fingerprint density at radius 2 is 2.17 bits per heavy atom. The summed E-state index contributed by atoms with van der Waals surface area (Å²) in [4.78, 5) is 34.0. The summed E-state index contributed by atoms with van der Waals surface area (Å²) < 4.78 is 0. The van der Waals surface area contributed by atoms with Gasteiger partial charge < -0.3 is 14.9 Å². The standard InChI is InChI=1S/C16H24N4O3/c1-13(22)19-8-7-18(2)15(12-19)16(23)20(9-10-21)11-14-5-3-4-6-17-14/h3-6,15,21H,7-12H2,1-2H3. The zero-order chi connectivity index (χ0) is 16.8. The number of likely N-dealkylation sites (N-methyl/N-ethyl adjacent to an activating group) is 1. The van der Waals surface area contributed by atoms with E-state index in [1.807, 2.05) is 30.1 Å². The lowest BCUT2D eigenvalue weighted by Gasteiger charge is -2.40. The molecule has 2 amide bonds. The normalized spacial score (nSPS) is 18.7. The Morgan fingerprint density at radius 1 is 1.39 bits per heavy atom. The number of carbonyl (C=O) groups is 2. The molecule has 2 heterocycles. The van der Waals surface area contributed by atoms with Crippen molar-refractivity contribution in [3.05, 3.63) is 30.1 Å². The maximum Gasteiger partial charge on any atom is 0.242 e. The first-order valence-electron chi connectivity index (χ1n) is 7.78. The second kappa shape index (κ2) is 8.03. The van der Waals surface area contributed by atoms with Crippen LogP contribution in [0.3, 0.4) is 0 Å². The number of nitrogens with zero attached hydrogens (tertiary/aromatic N) is 4. The topological polar surface area (TPSA) is 77.0 Å². The van der Waals surface area contributed by atoms with E-state index in [1.54, 1.807) is 16.0 Å². The number of pyridine rings is 1. The van der Waals surface area contributed by atoms with E-state index in [4.69, 9.17) is 0 Å². The second-order valence-corrected chi connectivity index (χ2v) is 5.77. The lowest BCUT2D eigenvalue weighted by molar-refractivity contribution is -0.143. The number of rotatable bonds is 5. The van der Waals surface area contributed by atoms with E-state index in [9.17, 15) is 14.7 Å². The number of amides is 2. The fourth-order valence-electron chi connectivity index (χ4n) is 2.71. The van der Waals surface area contributed by atoms with Crippen molar-refractivity contribution >= 4 is 11.8 Å². The fourth-order valence-corrected chi connectivity index (χ4v) is 2.71. The highest BCUT2D eigenvalue weighted by molar-refractivity contribution is 5.83. The molecule has 0 radical (unpaired) electrons. The van der Waals surface area contributed by atoms with Crippen molar-refractivity contribution in [1.29, 1.82) is 0 Å². The predicted molar refractivity (Wildman–Crippen MR) is 85.4 cm³/mol. The minimum absolute atomic E-state index is 0.0191. The lowest BCUT2D eigenvalue weighted by atomic mass is 10.1. The van der Waals surface area contributed by atoms with Gasteiger partial charge in [0.1, 0.15) is 6.04 Å². The van der Waals surface area contributed by atoms with Crippen LogP contribution in [0.5, 0.6) is 0 Å². The molecule has 1 saturated heterocycles. The van der Waals surface area contributed by atoms with Crippen molar-refractivity contribution in [2.24, 2.45) is 0 Å². The average molecular weight is 320 g/mol. The molecule has 0 aromatic carbocycles. The Morgan fingerprint density at radius 3 is 2.78 bits per heavy atom. The Hall–Kier alpha value is -1.99. The third-order valence-corrected chi connectivity index (χ3v) is 4.14. The quantitative estimate of drug-likeness (QED) is 0.796. The van der Waals surface area contributed by atoms with Gasteiger partial charge in [-0.15, -0.1) is 0 Å². The molecule has 7 nitrogen and oxygen atoms in total. The van der Waals surface area contributed by atoms with Crippen LogP contribution in [0.15, 0.2) is 24.4 Å². The van der Waals surface area contributed by atoms with E-state index in [2.05, 4.69) is 4.98 Å². The van der Waals surface area contributed by atoms with Crippen molar-refractivity contribution in [3.63, 3.8) is 0 Å². The van der Waals surface area contributed by atoms with E-state index in [0.717, 1.165) is 5.69 Å². The minimum atomic E-state index is -0.386. The monoisotopic (exact) mass is 320 g/mol. The van der Waals surface area contributed by atoms with Crippen LogP contribution in [-0.2, 0) is 16.1 Å². The molecule has 1 aliphatic rings. The molecule has 1 aromatic rings. The molecule has 7 heteroatoms. The van der Waals surface area contributed by atoms with Gasteiger partial charge in [-0.1, -0.05) is 6.07 Å². The Balaban J connectivity index is 2.10. The number of aliphatic hydroxyl groups is 1. The highest BCUT2D eigenvalue weighted by atomic mass is 16.3. The van der Waals surface area contributed by atoms with E-state index in [-0.39, 0.29) is 31.0 Å². The molecule has 23 heavy (non-hydrogen) atoms. The molecule has 126 valence electrons. The summed E-state index contributed by atoms with van der Waals surface area (Å²) in [6, 6.07) is 5.16. The number of piperazine rings is 1. The molecule has 1 N–H and O–H groups in total. The molecule has 1 fully saturated rings. The van der Waals surface area contributed by atoms with Gasteiger partial charge in [-0.25, -0.2) is 0 Å². The van der Waals surface area contributed by atoms with E-state index < -0.39 is 0 Å². The van der Waals surface area contributed by atoms with E-state index in [1.165, 1.54) is 6.92 Å². The Kier molecular flexibility index (Phi) is 6.06. The summed E-state index contributed by atoms with van der Waals surface area (Å²) >= 11 is 0. The summed E-state index contributed by atoms with van der Waals surface area (Å²) in [5.41, 5.74) is 0.774. The molecule has 0 aliphatic carbocycles. The molecule has 1 aromatic heterocycles. The van der Waals surface area contributed by atoms with Crippen LogP contribution in [0.25, 0.3) is 0 Å². The highest BCUT2D eigenvalue weighted by Gasteiger charge is 2.33. The second-order valence-electron chi connectivity index (χ2n) is 5.77. The van der Waals surface area contributed by atoms with E-state index >= 15 is 0 Å². The number of carbonyl (C=O) groups excluding carboxylic acids is 2. The van der Waals surface area contributed by atoms with Gasteiger partial charge >= 0.3 is 0 Å². The summed E-state index contributed by atoms with van der Waals surface area (Å²) in [6.45, 7) is 3.69. The third-order valence-electron chi connectivity index (χ3n) is 4.14. The van der Waals surface area contributed by atoms with Gasteiger partial charge in [0.25, 0.3) is 0 Å². The minimum Gasteiger partial charge on any atom is -0.395 e. The van der Waals surface area contributed by atoms with Gasteiger partial charge in [0.05, 0.1) is 18.8 Å². The van der Waals surface area contributed by atoms with Gasteiger partial charge in [0.2, 0.25) is 11.8 Å². The van der Waals surface area contributed by atoms with Crippen LogP contribution in [0.2, 0.25) is 0 Å². The van der Waals surface area contributed by atoms with Crippen LogP contribution >= 0.6 is 0 Å². The third kappa shape index (κ3) is 4.49. The smallest absolute Gasteiger partial charge is 0.242 e. The molecule has 1 atom stereocenters. The number of aromatic nitrogens is 1. The van der Waals surface area contributed by atoms with Crippen LogP contribution in [0.4, 0.5) is 0 Å². The van der Waals surface area contributed by atoms with Crippen molar-refractivity contribution in [2.45, 2.75) is 19.5 Å². The summed E-state index contributed by atoms with van der Waals surface area (Å²) in [5, 5.41) is 9.28. The maximum absolute atomic E-state index is 12.9. The average Bonchev–Trinajstić information content (AvgIpc) is 2.55. The molecule has 1 aliphatic heterocycles. The van der Waals surface area contributed by atoms with Crippen LogP contribution in [0, 0.1) is 0 Å². The molecule has 0 saturated carbocycles. The lowest BCUT2D eigenvalue weighted by Crippen LogP contribution is -2.59. The molecule has 0 spiro atoms. The van der Waals surface area contributed by atoms with Gasteiger partial charge in [-0.3, -0.25) is 19.5 Å². The Bertz CT molecular complexity index is 537. The van der Waals surface area contributed by atoms with Gasteiger partial charge in [0, 0.05) is 39.3 Å². The predicted octanol–water partition coefficient (Wildman–Crippen LogP) is -0.435. The summed E-state index contributed by atoms with van der Waals surface area (Å²) in [5.74, 6) is -0.104. The largest absolute Gasteiger partial charge is 0.395 e. The van der Waals surface area contributed by atoms with Crippen LogP contribution in [-0.4, -0.2) is 82.5 Å². The Labute approximate surface area is 136 Å². The first kappa shape index (κ1) is 17.4. The van der Waals surface area contributed by atoms with E-state index in [0.29, 0.717) is 26.2 Å². The molecular weight excluding hydrogens is 296 g/mol. The van der Waals surface area contributed by atoms with Gasteiger partial charge in [-0.2, -0.15) is 0 Å². The number of hydrogen-bond donors (Lipinski definition) is 1. The SMILES string of the molecule is CC(=O)N1CCN(C)C(C(=O)N(CCO)Cc2ccccn2)C1. The van der Waals surface area contributed by atoms with Crippen molar-refractivity contribution in [2.75, 3.05) is 39.8 Å². The highest BCUT2D eigenvalue weighted by Crippen LogP contribution is 2.13. The summed E-state index contributed by atoms with van der Waals surface area (Å²) in [6.07, 6.45) is 1.68. The fraction of sp³-hybridized carbons (Fsp3) is 0.562. The maximum atomic E-state index is 12.9. The zero-order valence-electron chi connectivity index (χ0n) is 13.7. The van der Waals surface area contributed by atoms with Crippen molar-refractivity contribution < 1.29 is 14.7 Å². The van der Waals surface area contributed by atoms with Crippen LogP contribution < -0.4 is 0 Å². The molecule has 0 bridgehead atoms. The van der Waals surface area contributed by atoms with Crippen LogP contribution in [0.1, 0.15) is 12.6 Å². The molecule has 1 unspecified atom stereocenters. The van der Waals surface area contributed by atoms with Gasteiger partial charge in [-0.05, 0) is 19.2 Å². The number of hydrogen-bond acceptors (Lipinski definition) is 5. The van der Waals surface area contributed by atoms with Crippen molar-refractivity contribution in [1.82, 2.24) is 19.7 Å². The van der Waals surface area contributed by atoms with Gasteiger partial charge in [0.15, 0.2) is 0 Å². The van der Waals surface area contributed by atoms with Crippen molar-refractivity contribution in [3.8, 4) is 0 Å². The molecule has 2 rings (SSSR count). The first-order chi connectivity index (χ1) is 11.0.